The third-order valence-corrected chi connectivity index (χ3v) is 10.0. The van der Waals surface area contributed by atoms with Gasteiger partial charge in [-0.1, -0.05) is 13.8 Å². The summed E-state index contributed by atoms with van der Waals surface area (Å²) in [7, 11) is 0. The van der Waals surface area contributed by atoms with Crippen LogP contribution in [0.2, 0.25) is 0 Å². The number of aliphatic hydroxyl groups is 3. The van der Waals surface area contributed by atoms with Gasteiger partial charge in [0.1, 0.15) is 0 Å². The van der Waals surface area contributed by atoms with Crippen molar-refractivity contribution in [1.29, 1.82) is 0 Å². The maximum Gasteiger partial charge on any atom is 0.335 e. The first kappa shape index (κ1) is 19.8. The van der Waals surface area contributed by atoms with Crippen LogP contribution in [0, 0.1) is 28.6 Å². The molecule has 4 fully saturated rings. The highest BCUT2D eigenvalue weighted by atomic mass is 16.4. The van der Waals surface area contributed by atoms with E-state index in [9.17, 15) is 20.1 Å². The highest BCUT2D eigenvalue weighted by Gasteiger charge is 2.70. The fourth-order valence-electron chi connectivity index (χ4n) is 8.29. The summed E-state index contributed by atoms with van der Waals surface area (Å²) in [5.41, 5.74) is -0.952. The Kier molecular flexibility index (Phi) is 4.37. The Labute approximate surface area is 172 Å². The van der Waals surface area contributed by atoms with Gasteiger partial charge in [-0.15, -0.1) is 0 Å². The van der Waals surface area contributed by atoms with Crippen LogP contribution in [0.1, 0.15) is 76.7 Å². The van der Waals surface area contributed by atoms with Gasteiger partial charge in [0.25, 0.3) is 0 Å². The molecule has 0 bridgehead atoms. The number of rotatable bonds is 1. The topological polar surface area (TPSA) is 90.9 Å². The van der Waals surface area contributed by atoms with Crippen LogP contribution in [0.4, 0.5) is 0 Å². The van der Waals surface area contributed by atoms with Gasteiger partial charge in [0.2, 0.25) is 0 Å². The van der Waals surface area contributed by atoms with E-state index in [1.54, 1.807) is 6.07 Å². The van der Waals surface area contributed by atoms with E-state index < -0.39 is 17.1 Å². The Bertz CT molecular complexity index is 829. The Morgan fingerprint density at radius 3 is 2.52 bits per heavy atom. The summed E-state index contributed by atoms with van der Waals surface area (Å²) < 4.78 is 5.12. The van der Waals surface area contributed by atoms with Crippen molar-refractivity contribution >= 4 is 0 Å². The van der Waals surface area contributed by atoms with Crippen molar-refractivity contribution in [2.45, 2.75) is 88.9 Å². The lowest BCUT2D eigenvalue weighted by Crippen LogP contribution is -2.66. The van der Waals surface area contributed by atoms with Gasteiger partial charge in [-0.05, 0) is 92.1 Å². The van der Waals surface area contributed by atoms with Crippen molar-refractivity contribution in [1.82, 2.24) is 0 Å². The van der Waals surface area contributed by atoms with E-state index in [1.807, 2.05) is 0 Å². The Morgan fingerprint density at radius 1 is 1.00 bits per heavy atom. The lowest BCUT2D eigenvalue weighted by Gasteiger charge is -2.64. The molecule has 5 rings (SSSR count). The molecule has 3 N–H and O–H groups in total. The first-order valence-corrected chi connectivity index (χ1v) is 11.4. The molecular formula is C24H34O5. The SMILES string of the molecule is C[C@]12CC[C@H](O)C[C@H]1CC[C@@H]1[C@@H]2C[C@H](O)[C@]2(C)[C@@H](c3ccc(=O)oc3)CC[C@]12O. The fourth-order valence-corrected chi connectivity index (χ4v) is 8.29. The quantitative estimate of drug-likeness (QED) is 0.671. The second kappa shape index (κ2) is 6.41. The molecule has 4 aliphatic rings. The van der Waals surface area contributed by atoms with Gasteiger partial charge in [-0.3, -0.25) is 0 Å². The molecule has 5 nitrogen and oxygen atoms in total. The summed E-state index contributed by atoms with van der Waals surface area (Å²) in [6, 6.07) is 3.24. The average Bonchev–Trinajstić information content (AvgIpc) is 2.97. The molecule has 1 aromatic rings. The molecule has 0 radical (unpaired) electrons. The standard InChI is InChI=1S/C24H34O5/c1-22-9-7-16(25)11-15(22)4-5-18-19(22)12-20(26)23(2)17(8-10-24(18,23)28)14-3-6-21(27)29-13-14/h3,6,13,15-20,25-26,28H,4-5,7-12H2,1-2H3/t15-,16+,17-,18-,19+,20+,22+,23+,24+/m1/s1. The molecule has 0 aliphatic heterocycles. The first-order chi connectivity index (χ1) is 13.7. The maximum absolute atomic E-state index is 12.2. The van der Waals surface area contributed by atoms with Crippen LogP contribution in [-0.2, 0) is 0 Å². The lowest BCUT2D eigenvalue weighted by atomic mass is 9.42. The van der Waals surface area contributed by atoms with Gasteiger partial charge in [0, 0.05) is 11.5 Å². The fraction of sp³-hybridized carbons (Fsp3) is 0.792. The van der Waals surface area contributed by atoms with Crippen LogP contribution in [0.5, 0.6) is 0 Å². The van der Waals surface area contributed by atoms with Crippen molar-refractivity contribution < 1.29 is 19.7 Å². The molecule has 0 unspecified atom stereocenters. The molecule has 1 aromatic heterocycles. The van der Waals surface area contributed by atoms with E-state index in [2.05, 4.69) is 13.8 Å². The van der Waals surface area contributed by atoms with Crippen LogP contribution in [0.3, 0.4) is 0 Å². The van der Waals surface area contributed by atoms with E-state index in [0.29, 0.717) is 18.8 Å². The summed E-state index contributed by atoms with van der Waals surface area (Å²) in [6.45, 7) is 4.40. The molecule has 0 amide bonds. The van der Waals surface area contributed by atoms with Gasteiger partial charge < -0.3 is 19.7 Å². The van der Waals surface area contributed by atoms with Gasteiger partial charge in [0.05, 0.1) is 24.1 Å². The van der Waals surface area contributed by atoms with Crippen LogP contribution >= 0.6 is 0 Å². The van der Waals surface area contributed by atoms with Gasteiger partial charge in [-0.25, -0.2) is 4.79 Å². The van der Waals surface area contributed by atoms with Gasteiger partial charge >= 0.3 is 5.63 Å². The molecule has 4 aliphatic carbocycles. The van der Waals surface area contributed by atoms with Crippen LogP contribution < -0.4 is 5.63 Å². The number of aliphatic hydroxyl groups excluding tert-OH is 2. The first-order valence-electron chi connectivity index (χ1n) is 11.4. The van der Waals surface area contributed by atoms with E-state index in [1.165, 1.54) is 12.3 Å². The lowest BCUT2D eigenvalue weighted by molar-refractivity contribution is -0.241. The molecule has 5 heteroatoms. The van der Waals surface area contributed by atoms with E-state index in [4.69, 9.17) is 4.42 Å². The third kappa shape index (κ3) is 2.53. The zero-order chi connectivity index (χ0) is 20.6. The zero-order valence-electron chi connectivity index (χ0n) is 17.5. The van der Waals surface area contributed by atoms with Crippen molar-refractivity contribution in [3.05, 3.63) is 34.4 Å². The molecular weight excluding hydrogens is 368 g/mol. The maximum atomic E-state index is 12.2. The van der Waals surface area contributed by atoms with Crippen molar-refractivity contribution in [2.75, 3.05) is 0 Å². The van der Waals surface area contributed by atoms with Crippen molar-refractivity contribution in [3.63, 3.8) is 0 Å². The Balaban J connectivity index is 1.53. The minimum absolute atomic E-state index is 0.0218. The van der Waals surface area contributed by atoms with E-state index >= 15 is 0 Å². The molecule has 4 saturated carbocycles. The molecule has 9 atom stereocenters. The van der Waals surface area contributed by atoms with Crippen molar-refractivity contribution in [2.24, 2.45) is 28.6 Å². The number of hydrogen-bond donors (Lipinski definition) is 3. The molecule has 0 spiro atoms. The number of hydrogen-bond acceptors (Lipinski definition) is 5. The summed E-state index contributed by atoms with van der Waals surface area (Å²) in [6.07, 6.45) is 7.57. The third-order valence-electron chi connectivity index (χ3n) is 10.0. The second-order valence-corrected chi connectivity index (χ2v) is 10.9. The minimum atomic E-state index is -0.916. The summed E-state index contributed by atoms with van der Waals surface area (Å²) >= 11 is 0. The van der Waals surface area contributed by atoms with Gasteiger partial charge in [0.15, 0.2) is 0 Å². The highest BCUT2D eigenvalue weighted by Crippen LogP contribution is 2.70. The molecule has 29 heavy (non-hydrogen) atoms. The zero-order valence-corrected chi connectivity index (χ0v) is 17.5. The normalized spacial score (nSPS) is 51.8. The largest absolute Gasteiger partial charge is 0.431 e. The minimum Gasteiger partial charge on any atom is -0.431 e. The van der Waals surface area contributed by atoms with Gasteiger partial charge in [-0.2, -0.15) is 0 Å². The molecule has 0 aromatic carbocycles. The summed E-state index contributed by atoms with van der Waals surface area (Å²) in [5.74, 6) is 0.919. The molecule has 160 valence electrons. The smallest absolute Gasteiger partial charge is 0.335 e. The monoisotopic (exact) mass is 402 g/mol. The summed E-state index contributed by atoms with van der Waals surface area (Å²) in [4.78, 5) is 11.4. The Morgan fingerprint density at radius 2 is 1.79 bits per heavy atom. The van der Waals surface area contributed by atoms with E-state index in [0.717, 1.165) is 44.1 Å². The van der Waals surface area contributed by atoms with Crippen LogP contribution in [0.25, 0.3) is 0 Å². The van der Waals surface area contributed by atoms with Crippen molar-refractivity contribution in [3.8, 4) is 0 Å². The predicted molar refractivity (Wildman–Crippen MR) is 108 cm³/mol. The highest BCUT2D eigenvalue weighted by molar-refractivity contribution is 5.28. The van der Waals surface area contributed by atoms with Crippen LogP contribution in [-0.4, -0.2) is 33.1 Å². The molecule has 1 heterocycles. The average molecular weight is 403 g/mol. The van der Waals surface area contributed by atoms with Crippen LogP contribution in [0.15, 0.2) is 27.6 Å². The second-order valence-electron chi connectivity index (χ2n) is 10.9. The number of fused-ring (bicyclic) bond motifs is 5. The predicted octanol–water partition coefficient (Wildman–Crippen LogP) is 3.21. The Hall–Kier alpha value is -1.17. The van der Waals surface area contributed by atoms with E-state index in [-0.39, 0.29) is 34.9 Å². The summed E-state index contributed by atoms with van der Waals surface area (Å²) in [5, 5.41) is 33.9. The molecule has 0 saturated heterocycles.